The lowest BCUT2D eigenvalue weighted by atomic mass is 10.2. The molecule has 102 valence electrons. The van der Waals surface area contributed by atoms with Crippen LogP contribution < -0.4 is 5.11 Å². The molecular formula is C13H13FNO3S-. The third kappa shape index (κ3) is 3.07. The van der Waals surface area contributed by atoms with Gasteiger partial charge in [0.05, 0.1) is 5.25 Å². The van der Waals surface area contributed by atoms with Crippen LogP contribution in [0.4, 0.5) is 4.39 Å². The van der Waals surface area contributed by atoms with Crippen LogP contribution in [0.2, 0.25) is 0 Å². The van der Waals surface area contributed by atoms with Crippen molar-refractivity contribution in [3.8, 4) is 0 Å². The summed E-state index contributed by atoms with van der Waals surface area (Å²) in [4.78, 5) is 24.0. The fourth-order valence-corrected chi connectivity index (χ4v) is 3.33. The van der Waals surface area contributed by atoms with Gasteiger partial charge in [-0.3, -0.25) is 4.79 Å². The van der Waals surface area contributed by atoms with E-state index in [1.807, 2.05) is 0 Å². The van der Waals surface area contributed by atoms with Gasteiger partial charge < -0.3 is 14.8 Å². The molecule has 1 heterocycles. The minimum absolute atomic E-state index is 0.0830. The number of aliphatic carboxylic acids is 1. The standard InChI is InChI=1S/C13H14FNO3S/c1-8-12(18)15(6-5-11(16)17)13(19-8)9-3-2-4-10(14)7-9/h2-4,7-8,13H,5-6H2,1H3,(H,16,17)/p-1/t8-,13+/m0/s1. The van der Waals surface area contributed by atoms with Gasteiger partial charge in [-0.2, -0.15) is 0 Å². The molecule has 0 spiro atoms. The van der Waals surface area contributed by atoms with Gasteiger partial charge in [0.15, 0.2) is 0 Å². The Morgan fingerprint density at radius 1 is 1.53 bits per heavy atom. The number of carbonyl (C=O) groups excluding carboxylic acids is 2. The van der Waals surface area contributed by atoms with Crippen molar-refractivity contribution in [2.45, 2.75) is 24.0 Å². The number of carboxylic acids is 1. The van der Waals surface area contributed by atoms with Crippen molar-refractivity contribution in [3.63, 3.8) is 0 Å². The molecule has 0 radical (unpaired) electrons. The molecule has 1 aliphatic heterocycles. The molecule has 0 aliphatic carbocycles. The van der Waals surface area contributed by atoms with Crippen molar-refractivity contribution in [1.82, 2.24) is 4.90 Å². The van der Waals surface area contributed by atoms with E-state index in [9.17, 15) is 19.1 Å². The number of benzene rings is 1. The number of halogens is 1. The molecule has 1 aliphatic rings. The first kappa shape index (κ1) is 13.9. The number of hydrogen-bond donors (Lipinski definition) is 0. The molecule has 1 aromatic carbocycles. The lowest BCUT2D eigenvalue weighted by molar-refractivity contribution is -0.305. The first-order valence-corrected chi connectivity index (χ1v) is 6.84. The summed E-state index contributed by atoms with van der Waals surface area (Å²) in [6.45, 7) is 1.85. The van der Waals surface area contributed by atoms with Crippen molar-refractivity contribution in [1.29, 1.82) is 0 Å². The van der Waals surface area contributed by atoms with Crippen LogP contribution >= 0.6 is 11.8 Å². The highest BCUT2D eigenvalue weighted by molar-refractivity contribution is 8.01. The number of thioether (sulfide) groups is 1. The molecule has 2 atom stereocenters. The molecule has 1 fully saturated rings. The molecule has 0 saturated carbocycles. The van der Waals surface area contributed by atoms with E-state index >= 15 is 0 Å². The summed E-state index contributed by atoms with van der Waals surface area (Å²) in [5, 5.41) is 9.94. The summed E-state index contributed by atoms with van der Waals surface area (Å²) >= 11 is 1.39. The van der Waals surface area contributed by atoms with Crippen molar-refractivity contribution in [2.24, 2.45) is 0 Å². The monoisotopic (exact) mass is 282 g/mol. The fraction of sp³-hybridized carbons (Fsp3) is 0.385. The molecule has 0 aromatic heterocycles. The van der Waals surface area contributed by atoms with E-state index in [2.05, 4.69) is 0 Å². The van der Waals surface area contributed by atoms with Crippen molar-refractivity contribution >= 4 is 23.6 Å². The highest BCUT2D eigenvalue weighted by Crippen LogP contribution is 2.42. The van der Waals surface area contributed by atoms with Crippen LogP contribution in [-0.2, 0) is 9.59 Å². The Kier molecular flexibility index (Phi) is 4.09. The van der Waals surface area contributed by atoms with Gasteiger partial charge in [-0.05, 0) is 24.6 Å². The number of carboxylic acid groups (broad SMARTS) is 1. The summed E-state index contributed by atoms with van der Waals surface area (Å²) in [5.41, 5.74) is 0.668. The molecule has 0 unspecified atom stereocenters. The Balaban J connectivity index is 2.22. The van der Waals surface area contributed by atoms with E-state index in [1.165, 1.54) is 28.8 Å². The van der Waals surface area contributed by atoms with Crippen molar-refractivity contribution < 1.29 is 19.1 Å². The molecular weight excluding hydrogens is 269 g/mol. The van der Waals surface area contributed by atoms with E-state index in [-0.39, 0.29) is 35.3 Å². The van der Waals surface area contributed by atoms with Crippen LogP contribution in [0.5, 0.6) is 0 Å². The topological polar surface area (TPSA) is 60.4 Å². The first-order valence-electron chi connectivity index (χ1n) is 5.90. The van der Waals surface area contributed by atoms with Gasteiger partial charge in [-0.25, -0.2) is 4.39 Å². The predicted molar refractivity (Wildman–Crippen MR) is 67.5 cm³/mol. The zero-order chi connectivity index (χ0) is 14.0. The first-order chi connectivity index (χ1) is 8.99. The van der Waals surface area contributed by atoms with Crippen LogP contribution in [0.15, 0.2) is 24.3 Å². The molecule has 1 amide bonds. The largest absolute Gasteiger partial charge is 0.550 e. The van der Waals surface area contributed by atoms with Gasteiger partial charge in [-0.1, -0.05) is 12.1 Å². The number of rotatable bonds is 4. The third-order valence-corrected chi connectivity index (χ3v) is 4.33. The zero-order valence-corrected chi connectivity index (χ0v) is 11.2. The Morgan fingerprint density at radius 2 is 2.26 bits per heavy atom. The van der Waals surface area contributed by atoms with E-state index in [0.717, 1.165) is 0 Å². The Bertz CT molecular complexity index is 508. The van der Waals surface area contributed by atoms with Gasteiger partial charge in [-0.15, -0.1) is 11.8 Å². The Labute approximate surface area is 114 Å². The molecule has 0 N–H and O–H groups in total. The van der Waals surface area contributed by atoms with Crippen LogP contribution in [-0.4, -0.2) is 28.6 Å². The summed E-state index contributed by atoms with van der Waals surface area (Å²) in [6.07, 6.45) is -0.217. The maximum absolute atomic E-state index is 13.2. The molecule has 4 nitrogen and oxygen atoms in total. The molecule has 0 bridgehead atoms. The van der Waals surface area contributed by atoms with Gasteiger partial charge in [0.25, 0.3) is 0 Å². The average Bonchev–Trinajstić information content (AvgIpc) is 2.63. The van der Waals surface area contributed by atoms with Crippen molar-refractivity contribution in [3.05, 3.63) is 35.6 Å². The maximum atomic E-state index is 13.2. The molecule has 1 saturated heterocycles. The number of nitrogens with zero attached hydrogens (tertiary/aromatic N) is 1. The second-order valence-electron chi connectivity index (χ2n) is 4.34. The van der Waals surface area contributed by atoms with E-state index in [0.29, 0.717) is 5.56 Å². The van der Waals surface area contributed by atoms with Crippen LogP contribution in [0.25, 0.3) is 0 Å². The third-order valence-electron chi connectivity index (χ3n) is 2.94. The Hall–Kier alpha value is -1.56. The van der Waals surface area contributed by atoms with Crippen molar-refractivity contribution in [2.75, 3.05) is 6.54 Å². The van der Waals surface area contributed by atoms with Crippen LogP contribution in [0.1, 0.15) is 24.3 Å². The molecule has 1 aromatic rings. The minimum atomic E-state index is -1.20. The highest BCUT2D eigenvalue weighted by Gasteiger charge is 2.38. The second kappa shape index (κ2) is 5.61. The predicted octanol–water partition coefficient (Wildman–Crippen LogP) is 0.928. The normalized spacial score (nSPS) is 22.8. The maximum Gasteiger partial charge on any atom is 0.236 e. The zero-order valence-electron chi connectivity index (χ0n) is 10.3. The molecule has 2 rings (SSSR count). The van der Waals surface area contributed by atoms with E-state index < -0.39 is 5.97 Å². The van der Waals surface area contributed by atoms with Gasteiger partial charge in [0.1, 0.15) is 11.2 Å². The summed E-state index contributed by atoms with van der Waals surface area (Å²) in [7, 11) is 0. The average molecular weight is 282 g/mol. The van der Waals surface area contributed by atoms with Crippen LogP contribution in [0.3, 0.4) is 0 Å². The SMILES string of the molecule is C[C@@H]1S[C@H](c2cccc(F)c2)N(CCC(=O)[O-])C1=O. The Morgan fingerprint density at radius 3 is 2.89 bits per heavy atom. The lowest BCUT2D eigenvalue weighted by Gasteiger charge is -2.24. The molecule has 6 heteroatoms. The fourth-order valence-electron chi connectivity index (χ4n) is 2.03. The summed E-state index contributed by atoms with van der Waals surface area (Å²) in [5.74, 6) is -1.69. The lowest BCUT2D eigenvalue weighted by Crippen LogP contribution is -2.35. The number of carbonyl (C=O) groups is 2. The summed E-state index contributed by atoms with van der Waals surface area (Å²) < 4.78 is 13.2. The number of amides is 1. The van der Waals surface area contributed by atoms with Gasteiger partial charge >= 0.3 is 0 Å². The van der Waals surface area contributed by atoms with Gasteiger partial charge in [0, 0.05) is 18.9 Å². The van der Waals surface area contributed by atoms with E-state index in [4.69, 9.17) is 0 Å². The number of hydrogen-bond acceptors (Lipinski definition) is 4. The minimum Gasteiger partial charge on any atom is -0.550 e. The van der Waals surface area contributed by atoms with E-state index in [1.54, 1.807) is 19.1 Å². The second-order valence-corrected chi connectivity index (χ2v) is 5.77. The molecule has 19 heavy (non-hydrogen) atoms. The van der Waals surface area contributed by atoms with Gasteiger partial charge in [0.2, 0.25) is 5.91 Å². The quantitative estimate of drug-likeness (QED) is 0.824. The highest BCUT2D eigenvalue weighted by atomic mass is 32.2. The summed E-state index contributed by atoms with van der Waals surface area (Å²) in [6, 6.07) is 6.02. The smallest absolute Gasteiger partial charge is 0.236 e. The van der Waals surface area contributed by atoms with Crippen LogP contribution in [0, 0.1) is 5.82 Å².